The minimum atomic E-state index is -0.815. The lowest BCUT2D eigenvalue weighted by atomic mass is 10.4. The summed E-state index contributed by atoms with van der Waals surface area (Å²) >= 11 is 0. The first kappa shape index (κ1) is 9.44. The van der Waals surface area contributed by atoms with E-state index in [0.29, 0.717) is 0 Å². The highest BCUT2D eigenvalue weighted by Gasteiger charge is 2.09. The molecule has 5 heteroatoms. The van der Waals surface area contributed by atoms with Crippen LogP contribution in [0.15, 0.2) is 0 Å². The summed E-state index contributed by atoms with van der Waals surface area (Å²) < 4.78 is 0. The van der Waals surface area contributed by atoms with E-state index in [9.17, 15) is 4.79 Å². The largest absolute Gasteiger partial charge is 0.481 e. The first-order valence-electron chi connectivity index (χ1n) is 4.09. The molecule has 0 amide bonds. The molecule has 1 aliphatic heterocycles. The molecule has 0 bridgehead atoms. The van der Waals surface area contributed by atoms with Gasteiger partial charge in [-0.15, -0.1) is 0 Å². The topological polar surface area (TPSA) is 61.8 Å². The fourth-order valence-electron chi connectivity index (χ4n) is 1.04. The molecule has 1 fully saturated rings. The quantitative estimate of drug-likeness (QED) is 0.590. The number of hydrogen-bond donors (Lipinski definition) is 2. The molecule has 0 aromatic carbocycles. The smallest absolute Gasteiger partial charge is 0.305 e. The Morgan fingerprint density at radius 3 is 2.75 bits per heavy atom. The van der Waals surface area contributed by atoms with Gasteiger partial charge in [0.15, 0.2) is 0 Å². The van der Waals surface area contributed by atoms with Crippen LogP contribution in [0.2, 0.25) is 0 Å². The molecule has 0 spiro atoms. The summed E-state index contributed by atoms with van der Waals surface area (Å²) in [7, 11) is 0. The van der Waals surface area contributed by atoms with E-state index in [-0.39, 0.29) is 13.0 Å². The van der Waals surface area contributed by atoms with Gasteiger partial charge in [-0.2, -0.15) is 5.06 Å². The van der Waals surface area contributed by atoms with E-state index in [1.165, 1.54) is 0 Å². The van der Waals surface area contributed by atoms with Gasteiger partial charge in [-0.25, -0.2) is 0 Å². The van der Waals surface area contributed by atoms with Crippen LogP contribution in [-0.2, 0) is 9.63 Å². The van der Waals surface area contributed by atoms with E-state index in [2.05, 4.69) is 5.32 Å². The number of carboxylic acid groups (broad SMARTS) is 1. The predicted molar refractivity (Wildman–Crippen MR) is 42.6 cm³/mol. The second-order valence-corrected chi connectivity index (χ2v) is 2.66. The Morgan fingerprint density at radius 1 is 1.50 bits per heavy atom. The van der Waals surface area contributed by atoms with Crippen molar-refractivity contribution in [3.63, 3.8) is 0 Å². The molecule has 0 aromatic heterocycles. The van der Waals surface area contributed by atoms with Gasteiger partial charge in [0, 0.05) is 26.2 Å². The first-order valence-corrected chi connectivity index (χ1v) is 4.09. The van der Waals surface area contributed by atoms with Gasteiger partial charge < -0.3 is 10.4 Å². The van der Waals surface area contributed by atoms with Gasteiger partial charge in [-0.3, -0.25) is 9.63 Å². The van der Waals surface area contributed by atoms with E-state index in [0.717, 1.165) is 26.2 Å². The number of carbonyl (C=O) groups is 1. The molecule has 0 unspecified atom stereocenters. The van der Waals surface area contributed by atoms with Crippen molar-refractivity contribution in [3.05, 3.63) is 0 Å². The van der Waals surface area contributed by atoms with Gasteiger partial charge in [0.2, 0.25) is 0 Å². The highest BCUT2D eigenvalue weighted by atomic mass is 16.7. The summed E-state index contributed by atoms with van der Waals surface area (Å²) in [5.41, 5.74) is 0. The lowest BCUT2D eigenvalue weighted by Crippen LogP contribution is -2.43. The van der Waals surface area contributed by atoms with Crippen molar-refractivity contribution in [1.82, 2.24) is 10.4 Å². The number of nitrogens with one attached hydrogen (secondary N) is 1. The Hall–Kier alpha value is -0.650. The number of piperazine rings is 1. The molecular formula is C7H14N2O3. The molecule has 0 radical (unpaired) electrons. The Bertz CT molecular complexity index is 146. The van der Waals surface area contributed by atoms with Gasteiger partial charge in [0.05, 0.1) is 13.0 Å². The zero-order valence-electron chi connectivity index (χ0n) is 6.95. The van der Waals surface area contributed by atoms with Crippen molar-refractivity contribution in [2.24, 2.45) is 0 Å². The second-order valence-electron chi connectivity index (χ2n) is 2.66. The average molecular weight is 174 g/mol. The minimum absolute atomic E-state index is 0.0733. The van der Waals surface area contributed by atoms with Crippen molar-refractivity contribution in [3.8, 4) is 0 Å². The summed E-state index contributed by atoms with van der Waals surface area (Å²) in [4.78, 5) is 15.3. The maximum atomic E-state index is 10.1. The monoisotopic (exact) mass is 174 g/mol. The standard InChI is InChI=1S/C7H14N2O3/c10-7(11)1-6-12-9-4-2-8-3-5-9/h8H,1-6H2,(H,10,11). The maximum absolute atomic E-state index is 10.1. The number of carboxylic acids is 1. The third-order valence-corrected chi connectivity index (χ3v) is 1.67. The number of nitrogens with zero attached hydrogens (tertiary/aromatic N) is 1. The lowest BCUT2D eigenvalue weighted by Gasteiger charge is -2.25. The molecular weight excluding hydrogens is 160 g/mol. The first-order chi connectivity index (χ1) is 5.79. The highest BCUT2D eigenvalue weighted by Crippen LogP contribution is 1.94. The fraction of sp³-hybridized carbons (Fsp3) is 0.857. The Balaban J connectivity index is 2.01. The van der Waals surface area contributed by atoms with Gasteiger partial charge in [0.1, 0.15) is 0 Å². The molecule has 12 heavy (non-hydrogen) atoms. The third-order valence-electron chi connectivity index (χ3n) is 1.67. The molecule has 70 valence electrons. The summed E-state index contributed by atoms with van der Waals surface area (Å²) in [6.07, 6.45) is 0.0733. The molecule has 0 atom stereocenters. The number of aliphatic carboxylic acids is 1. The normalized spacial score (nSPS) is 19.3. The van der Waals surface area contributed by atoms with E-state index in [1.54, 1.807) is 5.06 Å². The van der Waals surface area contributed by atoms with Gasteiger partial charge >= 0.3 is 5.97 Å². The van der Waals surface area contributed by atoms with Crippen LogP contribution >= 0.6 is 0 Å². The summed E-state index contributed by atoms with van der Waals surface area (Å²) in [6, 6.07) is 0. The number of rotatable bonds is 4. The van der Waals surface area contributed by atoms with E-state index >= 15 is 0 Å². The van der Waals surface area contributed by atoms with Crippen LogP contribution in [0.25, 0.3) is 0 Å². The molecule has 0 aliphatic carbocycles. The third kappa shape index (κ3) is 3.66. The molecule has 1 saturated heterocycles. The van der Waals surface area contributed by atoms with Crippen LogP contribution in [-0.4, -0.2) is 48.9 Å². The average Bonchev–Trinajstić information content (AvgIpc) is 2.05. The van der Waals surface area contributed by atoms with Crippen LogP contribution in [0.4, 0.5) is 0 Å². The predicted octanol–water partition coefficient (Wildman–Crippen LogP) is -0.702. The molecule has 1 rings (SSSR count). The van der Waals surface area contributed by atoms with E-state index in [4.69, 9.17) is 9.94 Å². The minimum Gasteiger partial charge on any atom is -0.481 e. The second kappa shape index (κ2) is 5.08. The van der Waals surface area contributed by atoms with Crippen LogP contribution < -0.4 is 5.32 Å². The highest BCUT2D eigenvalue weighted by molar-refractivity contribution is 5.66. The Kier molecular flexibility index (Phi) is 3.99. The summed E-state index contributed by atoms with van der Waals surface area (Å²) in [5.74, 6) is -0.815. The zero-order valence-corrected chi connectivity index (χ0v) is 6.95. The Morgan fingerprint density at radius 2 is 2.17 bits per heavy atom. The van der Waals surface area contributed by atoms with Crippen LogP contribution in [0, 0.1) is 0 Å². The molecule has 1 aliphatic rings. The molecule has 2 N–H and O–H groups in total. The van der Waals surface area contributed by atoms with Crippen molar-refractivity contribution in [2.75, 3.05) is 32.8 Å². The van der Waals surface area contributed by atoms with E-state index in [1.807, 2.05) is 0 Å². The molecule has 5 nitrogen and oxygen atoms in total. The van der Waals surface area contributed by atoms with Crippen LogP contribution in [0.1, 0.15) is 6.42 Å². The molecule has 0 aromatic rings. The van der Waals surface area contributed by atoms with Gasteiger partial charge in [-0.05, 0) is 0 Å². The van der Waals surface area contributed by atoms with Crippen LogP contribution in [0.5, 0.6) is 0 Å². The summed E-state index contributed by atoms with van der Waals surface area (Å²) in [6.45, 7) is 3.76. The number of hydroxylamine groups is 2. The lowest BCUT2D eigenvalue weighted by molar-refractivity contribution is -0.171. The van der Waals surface area contributed by atoms with Crippen molar-refractivity contribution in [2.45, 2.75) is 6.42 Å². The molecule has 1 heterocycles. The fourth-order valence-corrected chi connectivity index (χ4v) is 1.04. The van der Waals surface area contributed by atoms with Crippen molar-refractivity contribution in [1.29, 1.82) is 0 Å². The van der Waals surface area contributed by atoms with Gasteiger partial charge in [-0.1, -0.05) is 0 Å². The Labute approximate surface area is 71.3 Å². The maximum Gasteiger partial charge on any atom is 0.305 e. The SMILES string of the molecule is O=C(O)CCON1CCNCC1. The zero-order chi connectivity index (χ0) is 8.81. The van der Waals surface area contributed by atoms with Crippen molar-refractivity contribution < 1.29 is 14.7 Å². The van der Waals surface area contributed by atoms with Crippen molar-refractivity contribution >= 4 is 5.97 Å². The van der Waals surface area contributed by atoms with Crippen LogP contribution in [0.3, 0.4) is 0 Å². The van der Waals surface area contributed by atoms with E-state index < -0.39 is 5.97 Å². The molecule has 0 saturated carbocycles. The van der Waals surface area contributed by atoms with Gasteiger partial charge in [0.25, 0.3) is 0 Å². The number of hydrogen-bond acceptors (Lipinski definition) is 4. The summed E-state index contributed by atoms with van der Waals surface area (Å²) in [5, 5.41) is 13.3.